The summed E-state index contributed by atoms with van der Waals surface area (Å²) in [6.45, 7) is 2.91. The summed E-state index contributed by atoms with van der Waals surface area (Å²) in [6.07, 6.45) is 4.05. The van der Waals surface area contributed by atoms with Crippen LogP contribution in [-0.4, -0.2) is 41.0 Å². The monoisotopic (exact) mass is 431 g/mol. The maximum atomic E-state index is 13.1. The second-order valence-corrected chi connectivity index (χ2v) is 7.40. The molecule has 2 aromatic heterocycles. The van der Waals surface area contributed by atoms with Gasteiger partial charge in [-0.3, -0.25) is 9.59 Å². The van der Waals surface area contributed by atoms with Crippen molar-refractivity contribution in [2.75, 3.05) is 20.3 Å². The van der Waals surface area contributed by atoms with Gasteiger partial charge in [0.15, 0.2) is 0 Å². The van der Waals surface area contributed by atoms with Crippen LogP contribution in [0.25, 0.3) is 27.9 Å². The van der Waals surface area contributed by atoms with Crippen LogP contribution in [0.2, 0.25) is 0 Å². The van der Waals surface area contributed by atoms with Crippen LogP contribution in [0.15, 0.2) is 63.8 Å². The fraction of sp³-hybridized carbons (Fsp3) is 0.240. The van der Waals surface area contributed by atoms with E-state index in [9.17, 15) is 9.59 Å². The Morgan fingerprint density at radius 2 is 1.91 bits per heavy atom. The highest BCUT2D eigenvalue weighted by atomic mass is 16.5. The highest BCUT2D eigenvalue weighted by Crippen LogP contribution is 2.27. The Morgan fingerprint density at radius 1 is 1.16 bits per heavy atom. The lowest BCUT2D eigenvalue weighted by Gasteiger charge is -2.20. The molecule has 1 N–H and O–H groups in total. The number of fused-ring (bicyclic) bond motifs is 2. The molecule has 0 saturated heterocycles. The lowest BCUT2D eigenvalue weighted by atomic mass is 10.1. The second kappa shape index (κ2) is 9.62. The van der Waals surface area contributed by atoms with Gasteiger partial charge >= 0.3 is 0 Å². The highest BCUT2D eigenvalue weighted by Gasteiger charge is 2.15. The van der Waals surface area contributed by atoms with Gasteiger partial charge in [0.1, 0.15) is 17.2 Å². The van der Waals surface area contributed by atoms with E-state index in [1.165, 1.54) is 6.08 Å². The number of aromatic nitrogens is 2. The number of aryl methyl sites for hydroxylation is 1. The molecule has 7 heteroatoms. The van der Waals surface area contributed by atoms with Gasteiger partial charge in [-0.25, -0.2) is 4.98 Å². The molecule has 0 aliphatic carbocycles. The number of amides is 1. The SMILES string of the molecule is CCc1oc2ccccc2c1/C=C/C(=O)N(CCOC)Cc1nc2ccccc2c(=O)[nH]1. The summed E-state index contributed by atoms with van der Waals surface area (Å²) in [5, 5.41) is 1.49. The van der Waals surface area contributed by atoms with Crippen LogP contribution < -0.4 is 5.56 Å². The minimum absolute atomic E-state index is 0.166. The number of nitrogens with zero attached hydrogens (tertiary/aromatic N) is 2. The molecule has 0 unspecified atom stereocenters. The molecular weight excluding hydrogens is 406 g/mol. The normalized spacial score (nSPS) is 11.6. The number of H-pyrrole nitrogens is 1. The van der Waals surface area contributed by atoms with Crippen molar-refractivity contribution in [3.63, 3.8) is 0 Å². The van der Waals surface area contributed by atoms with Gasteiger partial charge in [0.25, 0.3) is 5.56 Å². The van der Waals surface area contributed by atoms with Crippen molar-refractivity contribution in [1.29, 1.82) is 0 Å². The number of hydrogen-bond donors (Lipinski definition) is 1. The topological polar surface area (TPSA) is 88.4 Å². The average Bonchev–Trinajstić information content (AvgIpc) is 3.18. The first-order chi connectivity index (χ1) is 15.6. The predicted molar refractivity (Wildman–Crippen MR) is 124 cm³/mol. The quantitative estimate of drug-likeness (QED) is 0.427. The smallest absolute Gasteiger partial charge is 0.258 e. The Kier molecular flexibility index (Phi) is 6.47. The first kappa shape index (κ1) is 21.5. The number of ether oxygens (including phenoxy) is 1. The molecule has 0 aliphatic rings. The van der Waals surface area contributed by atoms with Crippen molar-refractivity contribution >= 4 is 33.9 Å². The fourth-order valence-corrected chi connectivity index (χ4v) is 3.68. The maximum Gasteiger partial charge on any atom is 0.258 e. The van der Waals surface area contributed by atoms with Gasteiger partial charge in [-0.1, -0.05) is 37.3 Å². The number of furan rings is 1. The van der Waals surface area contributed by atoms with Crippen molar-refractivity contribution in [2.24, 2.45) is 0 Å². The Hall–Kier alpha value is -3.71. The molecular formula is C25H25N3O4. The van der Waals surface area contributed by atoms with Gasteiger partial charge in [0.05, 0.1) is 24.1 Å². The van der Waals surface area contributed by atoms with E-state index in [1.54, 1.807) is 36.3 Å². The van der Waals surface area contributed by atoms with Crippen LogP contribution in [0.1, 0.15) is 24.1 Å². The van der Waals surface area contributed by atoms with Gasteiger partial charge in [-0.05, 0) is 24.3 Å². The van der Waals surface area contributed by atoms with E-state index < -0.39 is 0 Å². The molecule has 1 amide bonds. The Morgan fingerprint density at radius 3 is 2.69 bits per heavy atom. The van der Waals surface area contributed by atoms with Gasteiger partial charge < -0.3 is 19.0 Å². The third kappa shape index (κ3) is 4.48. The van der Waals surface area contributed by atoms with E-state index in [0.29, 0.717) is 29.9 Å². The molecule has 0 radical (unpaired) electrons. The Labute approximate surface area is 185 Å². The predicted octanol–water partition coefficient (Wildman–Crippen LogP) is 3.92. The molecule has 2 heterocycles. The molecule has 0 saturated carbocycles. The number of hydrogen-bond acceptors (Lipinski definition) is 5. The second-order valence-electron chi connectivity index (χ2n) is 7.40. The highest BCUT2D eigenvalue weighted by molar-refractivity contribution is 5.96. The van der Waals surface area contributed by atoms with E-state index in [-0.39, 0.29) is 18.0 Å². The maximum absolute atomic E-state index is 13.1. The van der Waals surface area contributed by atoms with Crippen LogP contribution in [0.3, 0.4) is 0 Å². The van der Waals surface area contributed by atoms with Gasteiger partial charge in [0, 0.05) is 37.1 Å². The zero-order valence-electron chi connectivity index (χ0n) is 18.1. The number of benzene rings is 2. The van der Waals surface area contributed by atoms with Gasteiger partial charge in [-0.15, -0.1) is 0 Å². The van der Waals surface area contributed by atoms with Crippen LogP contribution in [0, 0.1) is 0 Å². The Balaban J connectivity index is 1.61. The molecule has 0 atom stereocenters. The standard InChI is InChI=1S/C25H25N3O4/c1-3-21-18(17-8-5-7-11-22(17)32-21)12-13-24(29)28(14-15-31-2)16-23-26-20-10-6-4-9-19(20)25(30)27-23/h4-13H,3,14-16H2,1-2H3,(H,26,27,30)/b13-12+. The number of nitrogens with one attached hydrogen (secondary N) is 1. The summed E-state index contributed by atoms with van der Waals surface area (Å²) in [5.74, 6) is 1.05. The summed E-state index contributed by atoms with van der Waals surface area (Å²) >= 11 is 0. The Bertz CT molecular complexity index is 1340. The number of para-hydroxylation sites is 2. The third-order valence-electron chi connectivity index (χ3n) is 5.30. The minimum atomic E-state index is -0.224. The van der Waals surface area contributed by atoms with Crippen molar-refractivity contribution in [3.8, 4) is 0 Å². The third-order valence-corrected chi connectivity index (χ3v) is 5.30. The molecule has 4 aromatic rings. The molecule has 0 fully saturated rings. The number of aromatic amines is 1. The average molecular weight is 431 g/mol. The van der Waals surface area contributed by atoms with Crippen molar-refractivity contribution in [3.05, 3.63) is 82.1 Å². The zero-order valence-corrected chi connectivity index (χ0v) is 18.1. The number of carbonyl (C=O) groups excluding carboxylic acids is 1. The lowest BCUT2D eigenvalue weighted by Crippen LogP contribution is -2.33. The minimum Gasteiger partial charge on any atom is -0.460 e. The van der Waals surface area contributed by atoms with E-state index in [0.717, 1.165) is 28.7 Å². The molecule has 0 bridgehead atoms. The van der Waals surface area contributed by atoms with Crippen molar-refractivity contribution in [1.82, 2.24) is 14.9 Å². The van der Waals surface area contributed by atoms with Crippen molar-refractivity contribution in [2.45, 2.75) is 19.9 Å². The molecule has 164 valence electrons. The summed E-state index contributed by atoms with van der Waals surface area (Å²) in [7, 11) is 1.58. The molecule has 7 nitrogen and oxygen atoms in total. The molecule has 0 spiro atoms. The van der Waals surface area contributed by atoms with Crippen LogP contribution in [0.4, 0.5) is 0 Å². The van der Waals surface area contributed by atoms with Crippen LogP contribution in [0.5, 0.6) is 0 Å². The molecule has 32 heavy (non-hydrogen) atoms. The summed E-state index contributed by atoms with van der Waals surface area (Å²) < 4.78 is 11.1. The fourth-order valence-electron chi connectivity index (χ4n) is 3.68. The molecule has 4 rings (SSSR count). The first-order valence-electron chi connectivity index (χ1n) is 10.5. The lowest BCUT2D eigenvalue weighted by molar-refractivity contribution is -0.127. The van der Waals surface area contributed by atoms with Crippen molar-refractivity contribution < 1.29 is 13.9 Å². The van der Waals surface area contributed by atoms with Gasteiger partial charge in [0.2, 0.25) is 5.91 Å². The first-order valence-corrected chi connectivity index (χ1v) is 10.5. The largest absolute Gasteiger partial charge is 0.460 e. The van der Waals surface area contributed by atoms with E-state index in [1.807, 2.05) is 37.3 Å². The number of carbonyl (C=O) groups is 1. The number of rotatable bonds is 8. The van der Waals surface area contributed by atoms with Crippen LogP contribution in [-0.2, 0) is 22.5 Å². The van der Waals surface area contributed by atoms with E-state index in [2.05, 4.69) is 9.97 Å². The number of methoxy groups -OCH3 is 1. The summed E-state index contributed by atoms with van der Waals surface area (Å²) in [4.78, 5) is 34.4. The molecule has 2 aromatic carbocycles. The summed E-state index contributed by atoms with van der Waals surface area (Å²) in [6, 6.07) is 14.9. The zero-order chi connectivity index (χ0) is 22.5. The van der Waals surface area contributed by atoms with E-state index in [4.69, 9.17) is 9.15 Å². The van der Waals surface area contributed by atoms with E-state index >= 15 is 0 Å². The van der Waals surface area contributed by atoms with Crippen LogP contribution >= 0.6 is 0 Å². The van der Waals surface area contributed by atoms with Gasteiger partial charge in [-0.2, -0.15) is 0 Å². The summed E-state index contributed by atoms with van der Waals surface area (Å²) in [5.41, 5.74) is 2.07. The molecule has 0 aliphatic heterocycles.